The lowest BCUT2D eigenvalue weighted by Crippen LogP contribution is -2.38. The van der Waals surface area contributed by atoms with Crippen molar-refractivity contribution in [2.45, 2.75) is 38.1 Å². The van der Waals surface area contributed by atoms with Crippen molar-refractivity contribution in [1.29, 1.82) is 0 Å². The van der Waals surface area contributed by atoms with Crippen molar-refractivity contribution in [3.8, 4) is 11.5 Å². The molecule has 11 nitrogen and oxygen atoms in total. The van der Waals surface area contributed by atoms with Crippen LogP contribution in [0.4, 0.5) is 11.6 Å². The number of aromatic nitrogens is 3. The van der Waals surface area contributed by atoms with E-state index in [2.05, 4.69) is 39.6 Å². The van der Waals surface area contributed by atoms with Gasteiger partial charge < -0.3 is 19.5 Å². The molecule has 226 valence electrons. The summed E-state index contributed by atoms with van der Waals surface area (Å²) in [6, 6.07) is 11.8. The summed E-state index contributed by atoms with van der Waals surface area (Å²) in [6.45, 7) is 3.66. The topological polar surface area (TPSA) is 125 Å². The number of halogens is 1. The Balaban J connectivity index is 1.57. The molecule has 0 bridgehead atoms. The molecular formula is C29H38ClN7O4S. The molecule has 3 heterocycles. The molecule has 2 aliphatic rings. The van der Waals surface area contributed by atoms with Gasteiger partial charge in [-0.3, -0.25) is 9.10 Å². The number of carbonyl (C=O) groups excluding carboxylic acids is 1. The predicted molar refractivity (Wildman–Crippen MR) is 163 cm³/mol. The van der Waals surface area contributed by atoms with Gasteiger partial charge in [0.1, 0.15) is 5.82 Å². The summed E-state index contributed by atoms with van der Waals surface area (Å²) in [5, 5.41) is 12.4. The molecule has 1 saturated carbocycles. The van der Waals surface area contributed by atoms with Crippen LogP contribution >= 0.6 is 11.6 Å². The van der Waals surface area contributed by atoms with Crippen LogP contribution in [-0.2, 0) is 14.8 Å². The van der Waals surface area contributed by atoms with Crippen LogP contribution in [0.15, 0.2) is 40.8 Å². The molecule has 0 unspecified atom stereocenters. The number of sulfonamides is 1. The minimum Gasteiger partial charge on any atom is -0.419 e. The van der Waals surface area contributed by atoms with E-state index in [0.29, 0.717) is 35.7 Å². The average molecular weight is 616 g/mol. The maximum Gasteiger partial charge on any atom is 0.249 e. The Hall–Kier alpha value is -3.22. The molecule has 1 aliphatic carbocycles. The lowest BCUT2D eigenvalue weighted by molar-refractivity contribution is -0.127. The molecule has 1 amide bonds. The number of benzene rings is 1. The molecule has 0 radical (unpaired) electrons. The molecule has 1 aliphatic heterocycles. The first-order valence-corrected chi connectivity index (χ1v) is 16.4. The van der Waals surface area contributed by atoms with Crippen molar-refractivity contribution in [2.75, 3.05) is 56.2 Å². The van der Waals surface area contributed by atoms with Gasteiger partial charge in [-0.25, -0.2) is 13.4 Å². The maximum absolute atomic E-state index is 12.8. The highest BCUT2D eigenvalue weighted by molar-refractivity contribution is 7.92. The van der Waals surface area contributed by atoms with E-state index in [9.17, 15) is 13.2 Å². The summed E-state index contributed by atoms with van der Waals surface area (Å²) in [6.07, 6.45) is 4.13. The molecule has 42 heavy (non-hydrogen) atoms. The normalized spacial score (nSPS) is 22.0. The summed E-state index contributed by atoms with van der Waals surface area (Å²) < 4.78 is 32.5. The fourth-order valence-corrected chi connectivity index (χ4v) is 6.14. The highest BCUT2D eigenvalue weighted by atomic mass is 35.5. The largest absolute Gasteiger partial charge is 0.419 e. The number of carbonyl (C=O) groups is 1. The zero-order valence-electron chi connectivity index (χ0n) is 24.6. The van der Waals surface area contributed by atoms with Crippen molar-refractivity contribution < 1.29 is 17.6 Å². The second-order valence-corrected chi connectivity index (χ2v) is 14.0. The molecule has 1 aromatic carbocycles. The van der Waals surface area contributed by atoms with E-state index in [4.69, 9.17) is 16.0 Å². The van der Waals surface area contributed by atoms with Crippen molar-refractivity contribution in [3.05, 3.63) is 52.9 Å². The van der Waals surface area contributed by atoms with E-state index in [1.807, 2.05) is 23.1 Å². The molecule has 2 fully saturated rings. The predicted octanol–water partition coefficient (Wildman–Crippen LogP) is 3.94. The van der Waals surface area contributed by atoms with Crippen molar-refractivity contribution >= 4 is 39.2 Å². The van der Waals surface area contributed by atoms with Gasteiger partial charge in [0.2, 0.25) is 27.7 Å². The first-order chi connectivity index (χ1) is 19.9. The van der Waals surface area contributed by atoms with Crippen LogP contribution in [0.2, 0.25) is 5.02 Å². The molecule has 5 rings (SSSR count). The van der Waals surface area contributed by atoms with Crippen LogP contribution < -0.4 is 14.5 Å². The quantitative estimate of drug-likeness (QED) is 0.361. The maximum atomic E-state index is 12.8. The van der Waals surface area contributed by atoms with Gasteiger partial charge in [-0.1, -0.05) is 48.9 Å². The molecule has 0 spiro atoms. The van der Waals surface area contributed by atoms with E-state index in [1.54, 1.807) is 20.2 Å². The van der Waals surface area contributed by atoms with Crippen LogP contribution in [0.25, 0.3) is 11.5 Å². The fourth-order valence-electron chi connectivity index (χ4n) is 5.34. The third-order valence-electron chi connectivity index (χ3n) is 8.23. The molecular weight excluding hydrogens is 578 g/mol. The van der Waals surface area contributed by atoms with Gasteiger partial charge in [-0.2, -0.15) is 0 Å². The number of rotatable bonds is 10. The van der Waals surface area contributed by atoms with Crippen molar-refractivity contribution in [3.63, 3.8) is 0 Å². The standard InChI is InChI=1S/C29H38ClN7O4S/c1-18-14-20(18)16-37(17-24(38)35(2)3)23-15-22(25(30)27(32-23)36(4)42(5,39)40)28-33-34-29(41-28)26-21(12-9-13-31-26)19-10-7-6-8-11-19/h6-8,10-11,15,18,20-21,26,31H,9,12-14,16-17H2,1-5H3/t18-,20+,21+,26+/m1/s1. The van der Waals surface area contributed by atoms with E-state index in [1.165, 1.54) is 17.5 Å². The highest BCUT2D eigenvalue weighted by Crippen LogP contribution is 2.42. The number of piperidine rings is 1. The summed E-state index contributed by atoms with van der Waals surface area (Å²) >= 11 is 6.83. The van der Waals surface area contributed by atoms with E-state index < -0.39 is 10.0 Å². The Morgan fingerprint density at radius 3 is 2.52 bits per heavy atom. The van der Waals surface area contributed by atoms with Crippen LogP contribution in [0.3, 0.4) is 0 Å². The molecule has 2 aromatic heterocycles. The van der Waals surface area contributed by atoms with Crippen molar-refractivity contribution in [2.24, 2.45) is 11.8 Å². The monoisotopic (exact) mass is 615 g/mol. The molecule has 4 atom stereocenters. The second-order valence-electron chi connectivity index (χ2n) is 11.6. The number of pyridine rings is 1. The van der Waals surface area contributed by atoms with Gasteiger partial charge in [-0.05, 0) is 49.3 Å². The zero-order chi connectivity index (χ0) is 30.2. The molecule has 13 heteroatoms. The molecule has 1 saturated heterocycles. The van der Waals surface area contributed by atoms with E-state index in [0.717, 1.165) is 36.4 Å². The smallest absolute Gasteiger partial charge is 0.249 e. The summed E-state index contributed by atoms with van der Waals surface area (Å²) in [5.74, 6) is 2.00. The van der Waals surface area contributed by atoms with Gasteiger partial charge in [0, 0.05) is 33.6 Å². The average Bonchev–Trinajstić information content (AvgIpc) is 3.44. The Bertz CT molecular complexity index is 1530. The number of nitrogens with one attached hydrogen (secondary N) is 1. The van der Waals surface area contributed by atoms with E-state index >= 15 is 0 Å². The molecule has 1 N–H and O–H groups in total. The molecule has 3 aromatic rings. The Kier molecular flexibility index (Phi) is 8.77. The zero-order valence-corrected chi connectivity index (χ0v) is 26.2. The van der Waals surface area contributed by atoms with Gasteiger partial charge in [-0.15, -0.1) is 10.2 Å². The van der Waals surface area contributed by atoms with Crippen LogP contribution in [0.1, 0.15) is 49.6 Å². The highest BCUT2D eigenvalue weighted by Gasteiger charge is 2.36. The number of amides is 1. The van der Waals surface area contributed by atoms with Gasteiger partial charge >= 0.3 is 0 Å². The Labute approximate surface area is 252 Å². The minimum absolute atomic E-state index is 0.0236. The third kappa shape index (κ3) is 6.55. The van der Waals surface area contributed by atoms with Gasteiger partial charge in [0.25, 0.3) is 0 Å². The summed E-state index contributed by atoms with van der Waals surface area (Å²) in [4.78, 5) is 20.9. The van der Waals surface area contributed by atoms with E-state index in [-0.39, 0.29) is 41.1 Å². The van der Waals surface area contributed by atoms with Gasteiger partial charge in [0.15, 0.2) is 5.82 Å². The SMILES string of the molecule is C[C@@H]1C[C@H]1CN(CC(=O)N(C)C)c1cc(-c2nnc([C@H]3NCCC[C@H]3c3ccccc3)o2)c(Cl)c(N(C)S(C)(=O)=O)n1. The number of hydrogen-bond donors (Lipinski definition) is 1. The first kappa shape index (κ1) is 30.2. The number of hydrogen-bond acceptors (Lipinski definition) is 9. The first-order valence-electron chi connectivity index (χ1n) is 14.2. The van der Waals surface area contributed by atoms with Gasteiger partial charge in [0.05, 0.1) is 29.4 Å². The third-order valence-corrected chi connectivity index (χ3v) is 9.77. The number of nitrogens with zero attached hydrogens (tertiary/aromatic N) is 6. The Morgan fingerprint density at radius 2 is 1.88 bits per heavy atom. The number of anilines is 2. The lowest BCUT2D eigenvalue weighted by atomic mass is 9.85. The second kappa shape index (κ2) is 12.2. The Morgan fingerprint density at radius 1 is 1.17 bits per heavy atom. The van der Waals surface area contributed by atoms with Crippen molar-refractivity contribution in [1.82, 2.24) is 25.4 Å². The fraction of sp³-hybridized carbons (Fsp3) is 0.517. The summed E-state index contributed by atoms with van der Waals surface area (Å²) in [5.41, 5.74) is 1.54. The minimum atomic E-state index is -3.71. The van der Waals surface area contributed by atoms with Crippen LogP contribution in [0, 0.1) is 11.8 Å². The summed E-state index contributed by atoms with van der Waals surface area (Å²) in [7, 11) is 1.08. The van der Waals surface area contributed by atoms with Crippen LogP contribution in [-0.4, -0.2) is 81.4 Å². The lowest BCUT2D eigenvalue weighted by Gasteiger charge is -2.30. The van der Waals surface area contributed by atoms with Crippen LogP contribution in [0.5, 0.6) is 0 Å². The number of likely N-dealkylation sites (N-methyl/N-ethyl adjacent to an activating group) is 1.